The van der Waals surface area contributed by atoms with E-state index in [-0.39, 0.29) is 29.4 Å². The average Bonchev–Trinajstić information content (AvgIpc) is 2.88. The first kappa shape index (κ1) is 22.7. The number of rotatable bonds is 7. The summed E-state index contributed by atoms with van der Waals surface area (Å²) in [5.74, 6) is 0. The number of ether oxygens (including phenoxy) is 5. The van der Waals surface area contributed by atoms with Crippen LogP contribution in [0.2, 0.25) is 0 Å². The first-order valence-corrected chi connectivity index (χ1v) is 12.1. The second kappa shape index (κ2) is 10.9. The third-order valence-electron chi connectivity index (χ3n) is 5.91. The molecule has 0 bridgehead atoms. The lowest BCUT2D eigenvalue weighted by molar-refractivity contribution is -0.329. The van der Waals surface area contributed by atoms with E-state index < -0.39 is 6.29 Å². The van der Waals surface area contributed by atoms with Gasteiger partial charge in [0.05, 0.1) is 19.8 Å². The Bertz CT molecular complexity index is 987. The van der Waals surface area contributed by atoms with Crippen molar-refractivity contribution in [1.82, 2.24) is 0 Å². The highest BCUT2D eigenvalue weighted by Crippen LogP contribution is 2.38. The highest BCUT2D eigenvalue weighted by Gasteiger charge is 2.50. The Morgan fingerprint density at radius 1 is 0.697 bits per heavy atom. The van der Waals surface area contributed by atoms with E-state index in [0.29, 0.717) is 19.8 Å². The minimum atomic E-state index is -0.472. The highest BCUT2D eigenvalue weighted by atomic mass is 79.9. The van der Waals surface area contributed by atoms with Crippen molar-refractivity contribution >= 4 is 15.9 Å². The molecule has 5 nitrogen and oxygen atoms in total. The van der Waals surface area contributed by atoms with E-state index in [2.05, 4.69) is 28.1 Å². The van der Waals surface area contributed by atoms with Crippen molar-refractivity contribution in [2.24, 2.45) is 0 Å². The molecule has 5 rings (SSSR count). The fourth-order valence-electron chi connectivity index (χ4n) is 4.21. The van der Waals surface area contributed by atoms with Gasteiger partial charge in [-0.15, -0.1) is 0 Å². The van der Waals surface area contributed by atoms with Crippen LogP contribution in [0.3, 0.4) is 0 Å². The summed E-state index contributed by atoms with van der Waals surface area (Å²) >= 11 is 3.68. The van der Waals surface area contributed by atoms with Crippen molar-refractivity contribution in [3.05, 3.63) is 108 Å². The highest BCUT2D eigenvalue weighted by molar-refractivity contribution is 9.09. The predicted molar refractivity (Wildman–Crippen MR) is 128 cm³/mol. The molecule has 2 fully saturated rings. The molecule has 2 aliphatic rings. The maximum atomic E-state index is 6.48. The summed E-state index contributed by atoms with van der Waals surface area (Å²) in [5.41, 5.74) is 3.16. The minimum Gasteiger partial charge on any atom is -0.368 e. The Kier molecular flexibility index (Phi) is 7.51. The van der Waals surface area contributed by atoms with E-state index in [1.54, 1.807) is 0 Å². The van der Waals surface area contributed by atoms with E-state index in [0.717, 1.165) is 16.7 Å². The summed E-state index contributed by atoms with van der Waals surface area (Å²) in [6.07, 6.45) is -1.76. The Labute approximate surface area is 202 Å². The molecule has 2 heterocycles. The monoisotopic (exact) mass is 510 g/mol. The van der Waals surface area contributed by atoms with Gasteiger partial charge in [0, 0.05) is 5.56 Å². The fraction of sp³-hybridized carbons (Fsp3) is 0.333. The topological polar surface area (TPSA) is 46.2 Å². The minimum absolute atomic E-state index is 0.258. The quantitative estimate of drug-likeness (QED) is 0.398. The molecule has 6 unspecified atom stereocenters. The average molecular weight is 511 g/mol. The molecule has 33 heavy (non-hydrogen) atoms. The van der Waals surface area contributed by atoms with Gasteiger partial charge in [0.25, 0.3) is 0 Å². The lowest BCUT2D eigenvalue weighted by atomic mass is 9.98. The van der Waals surface area contributed by atoms with Gasteiger partial charge in [-0.2, -0.15) is 0 Å². The molecule has 0 saturated carbocycles. The zero-order valence-electron chi connectivity index (χ0n) is 18.2. The molecule has 0 aromatic heterocycles. The van der Waals surface area contributed by atoms with Gasteiger partial charge >= 0.3 is 0 Å². The summed E-state index contributed by atoms with van der Waals surface area (Å²) in [7, 11) is 0. The van der Waals surface area contributed by atoms with E-state index >= 15 is 0 Å². The van der Waals surface area contributed by atoms with Crippen LogP contribution in [0.25, 0.3) is 0 Å². The van der Waals surface area contributed by atoms with Crippen molar-refractivity contribution in [2.75, 3.05) is 6.61 Å². The second-order valence-electron chi connectivity index (χ2n) is 8.22. The van der Waals surface area contributed by atoms with Crippen LogP contribution in [-0.2, 0) is 36.9 Å². The van der Waals surface area contributed by atoms with Crippen LogP contribution in [0.4, 0.5) is 0 Å². The first-order chi connectivity index (χ1) is 16.3. The molecule has 0 radical (unpaired) electrons. The van der Waals surface area contributed by atoms with Crippen LogP contribution in [0.5, 0.6) is 0 Å². The molecule has 2 aliphatic heterocycles. The van der Waals surface area contributed by atoms with Crippen molar-refractivity contribution < 1.29 is 23.7 Å². The first-order valence-electron chi connectivity index (χ1n) is 11.2. The Balaban J connectivity index is 1.36. The van der Waals surface area contributed by atoms with Crippen molar-refractivity contribution in [3.8, 4) is 0 Å². The molecule has 0 N–H and O–H groups in total. The number of fused-ring (bicyclic) bond motifs is 1. The van der Waals surface area contributed by atoms with Gasteiger partial charge in [-0.3, -0.25) is 0 Å². The van der Waals surface area contributed by atoms with E-state index in [9.17, 15) is 0 Å². The summed E-state index contributed by atoms with van der Waals surface area (Å²) < 4.78 is 31.5. The van der Waals surface area contributed by atoms with Gasteiger partial charge in [0.2, 0.25) is 0 Å². The Hall–Kier alpha value is -2.06. The maximum Gasteiger partial charge on any atom is 0.184 e. The molecule has 2 saturated heterocycles. The van der Waals surface area contributed by atoms with Crippen molar-refractivity contribution in [2.45, 2.75) is 48.9 Å². The molecule has 0 spiro atoms. The molecule has 6 heteroatoms. The third-order valence-corrected chi connectivity index (χ3v) is 6.65. The van der Waals surface area contributed by atoms with Gasteiger partial charge in [-0.05, 0) is 11.1 Å². The van der Waals surface area contributed by atoms with Gasteiger partial charge in [-0.25, -0.2) is 0 Å². The largest absolute Gasteiger partial charge is 0.368 e. The molecular formula is C27H27BrO5. The number of hydrogen-bond donors (Lipinski definition) is 0. The molecule has 0 amide bonds. The predicted octanol–water partition coefficient (Wildman–Crippen LogP) is 5.39. The standard InChI is InChI=1S/C27H27BrO5/c28-26-25(30-17-20-12-6-2-7-13-20)24(29-16-19-10-4-1-5-11-19)23-22(32-26)18-31-27(33-23)21-14-8-3-9-15-21/h1-15,22-27H,16-18H2. The molecule has 3 aromatic carbocycles. The fourth-order valence-corrected chi connectivity index (χ4v) is 4.94. The van der Waals surface area contributed by atoms with Crippen LogP contribution >= 0.6 is 15.9 Å². The van der Waals surface area contributed by atoms with E-state index in [1.807, 2.05) is 78.9 Å². The Morgan fingerprint density at radius 2 is 1.24 bits per heavy atom. The van der Waals surface area contributed by atoms with Gasteiger partial charge in [0.15, 0.2) is 6.29 Å². The number of halogens is 1. The second-order valence-corrected chi connectivity index (χ2v) is 9.13. The van der Waals surface area contributed by atoms with Crippen molar-refractivity contribution in [1.29, 1.82) is 0 Å². The zero-order valence-corrected chi connectivity index (χ0v) is 19.8. The van der Waals surface area contributed by atoms with Gasteiger partial charge < -0.3 is 23.7 Å². The maximum absolute atomic E-state index is 6.48. The molecule has 0 aliphatic carbocycles. The van der Waals surface area contributed by atoms with Crippen molar-refractivity contribution in [3.63, 3.8) is 0 Å². The van der Waals surface area contributed by atoms with Crippen LogP contribution in [0, 0.1) is 0 Å². The summed E-state index contributed by atoms with van der Waals surface area (Å²) in [5, 5.41) is -0.344. The molecule has 6 atom stereocenters. The summed E-state index contributed by atoms with van der Waals surface area (Å²) in [6, 6.07) is 30.2. The van der Waals surface area contributed by atoms with E-state index in [1.165, 1.54) is 0 Å². The molecule has 3 aromatic rings. The Morgan fingerprint density at radius 3 is 1.85 bits per heavy atom. The van der Waals surface area contributed by atoms with E-state index in [4.69, 9.17) is 23.7 Å². The number of hydrogen-bond acceptors (Lipinski definition) is 5. The number of benzene rings is 3. The SMILES string of the molecule is BrC1OC2COC(c3ccccc3)OC2C(OCc2ccccc2)C1OCc1ccccc1. The summed E-state index contributed by atoms with van der Waals surface area (Å²) in [6.45, 7) is 1.33. The third kappa shape index (κ3) is 5.54. The summed E-state index contributed by atoms with van der Waals surface area (Å²) in [4.78, 5) is 0. The van der Waals surface area contributed by atoms with Crippen LogP contribution in [0.1, 0.15) is 23.0 Å². The molecule has 172 valence electrons. The smallest absolute Gasteiger partial charge is 0.184 e. The van der Waals surface area contributed by atoms with Crippen LogP contribution < -0.4 is 0 Å². The number of alkyl halides is 1. The van der Waals surface area contributed by atoms with Crippen LogP contribution in [0.15, 0.2) is 91.0 Å². The zero-order chi connectivity index (χ0) is 22.5. The normalized spacial score (nSPS) is 29.4. The lowest BCUT2D eigenvalue weighted by Gasteiger charge is -2.48. The lowest BCUT2D eigenvalue weighted by Crippen LogP contribution is -2.61. The van der Waals surface area contributed by atoms with Crippen LogP contribution in [-0.4, -0.2) is 36.0 Å². The van der Waals surface area contributed by atoms with Gasteiger partial charge in [-0.1, -0.05) is 107 Å². The molecular weight excluding hydrogens is 484 g/mol. The van der Waals surface area contributed by atoms with Gasteiger partial charge in [0.1, 0.15) is 29.4 Å².